The maximum Gasteiger partial charge on any atom is 0.233 e. The monoisotopic (exact) mass is 401 g/mol. The molecule has 0 bridgehead atoms. The van der Waals surface area contributed by atoms with Crippen molar-refractivity contribution in [2.45, 2.75) is 19.8 Å². The molecule has 3 N–H and O–H groups in total. The van der Waals surface area contributed by atoms with Gasteiger partial charge in [-0.1, -0.05) is 43.3 Å². The number of amides is 2. The van der Waals surface area contributed by atoms with E-state index in [1.165, 1.54) is 6.08 Å². The average Bonchev–Trinajstić information content (AvgIpc) is 2.67. The van der Waals surface area contributed by atoms with Crippen LogP contribution in [0.25, 0.3) is 6.08 Å². The first-order valence-corrected chi connectivity index (χ1v) is 10.3. The highest BCUT2D eigenvalue weighted by Crippen LogP contribution is 2.15. The fourth-order valence-electron chi connectivity index (χ4n) is 2.23. The number of carbonyl (C=O) groups excluding carboxylic acids is 2. The van der Waals surface area contributed by atoms with Crippen molar-refractivity contribution >= 4 is 39.3 Å². The minimum Gasteiger partial charge on any atom is -0.326 e. The lowest BCUT2D eigenvalue weighted by Crippen LogP contribution is -2.26. The Morgan fingerprint density at radius 2 is 1.57 bits per heavy atom. The summed E-state index contributed by atoms with van der Waals surface area (Å²) in [7, 11) is -3.63. The van der Waals surface area contributed by atoms with Crippen molar-refractivity contribution in [3.8, 4) is 0 Å². The minimum absolute atomic E-state index is 0.0239. The quantitative estimate of drug-likeness (QED) is 0.601. The lowest BCUT2D eigenvalue weighted by Gasteiger charge is -2.08. The van der Waals surface area contributed by atoms with E-state index in [4.69, 9.17) is 0 Å². The number of sulfonamides is 1. The molecular weight excluding hydrogens is 378 g/mol. The second-order valence-electron chi connectivity index (χ2n) is 5.93. The van der Waals surface area contributed by atoms with Crippen molar-refractivity contribution in [1.82, 2.24) is 4.72 Å². The molecule has 2 aromatic carbocycles. The maximum atomic E-state index is 12.0. The van der Waals surface area contributed by atoms with Gasteiger partial charge in [-0.3, -0.25) is 9.59 Å². The Bertz CT molecular complexity index is 941. The van der Waals surface area contributed by atoms with E-state index in [0.29, 0.717) is 17.8 Å². The van der Waals surface area contributed by atoms with Gasteiger partial charge in [0.1, 0.15) is 0 Å². The Balaban J connectivity index is 1.81. The standard InChI is InChI=1S/C20H23N3O4S/c1-2-19(24)22-17-9-6-10-18(15-17)23-20(25)11-13-21-28(26,27)14-12-16-7-4-3-5-8-16/h3-10,12,14-15,21H,2,11,13H2,1H3,(H,22,24)(H,23,25)/b14-12+. The van der Waals surface area contributed by atoms with Gasteiger partial charge in [0.15, 0.2) is 0 Å². The first-order chi connectivity index (χ1) is 13.4. The summed E-state index contributed by atoms with van der Waals surface area (Å²) in [4.78, 5) is 23.4. The van der Waals surface area contributed by atoms with Crippen LogP contribution >= 0.6 is 0 Å². The largest absolute Gasteiger partial charge is 0.326 e. The van der Waals surface area contributed by atoms with E-state index in [9.17, 15) is 18.0 Å². The first kappa shape index (κ1) is 21.3. The van der Waals surface area contributed by atoms with Crippen LogP contribution in [0.1, 0.15) is 25.3 Å². The van der Waals surface area contributed by atoms with Crippen LogP contribution in [0.5, 0.6) is 0 Å². The average molecular weight is 401 g/mol. The van der Waals surface area contributed by atoms with Crippen molar-refractivity contribution in [2.75, 3.05) is 17.2 Å². The molecule has 0 spiro atoms. The zero-order valence-corrected chi connectivity index (χ0v) is 16.3. The molecule has 7 nitrogen and oxygen atoms in total. The molecule has 0 atom stereocenters. The lowest BCUT2D eigenvalue weighted by atomic mass is 10.2. The molecule has 2 aromatic rings. The number of rotatable bonds is 9. The van der Waals surface area contributed by atoms with Crippen LogP contribution in [0.15, 0.2) is 60.0 Å². The summed E-state index contributed by atoms with van der Waals surface area (Å²) >= 11 is 0. The topological polar surface area (TPSA) is 104 Å². The van der Waals surface area contributed by atoms with Crippen LogP contribution in [0, 0.1) is 0 Å². The molecule has 0 aliphatic carbocycles. The van der Waals surface area contributed by atoms with Gasteiger partial charge in [0.25, 0.3) is 0 Å². The number of anilines is 2. The van der Waals surface area contributed by atoms with Crippen molar-refractivity contribution in [3.05, 3.63) is 65.6 Å². The van der Waals surface area contributed by atoms with E-state index in [0.717, 1.165) is 11.0 Å². The third kappa shape index (κ3) is 7.73. The Morgan fingerprint density at radius 3 is 2.21 bits per heavy atom. The van der Waals surface area contributed by atoms with Crippen LogP contribution in [-0.2, 0) is 19.6 Å². The molecular formula is C20H23N3O4S. The maximum absolute atomic E-state index is 12.0. The number of hydrogen-bond donors (Lipinski definition) is 3. The number of benzene rings is 2. The molecule has 2 rings (SSSR count). The highest BCUT2D eigenvalue weighted by atomic mass is 32.2. The predicted molar refractivity (Wildman–Crippen MR) is 111 cm³/mol. The number of hydrogen-bond acceptors (Lipinski definition) is 4. The van der Waals surface area contributed by atoms with Crippen LogP contribution in [0.4, 0.5) is 11.4 Å². The van der Waals surface area contributed by atoms with Crippen LogP contribution in [-0.4, -0.2) is 26.8 Å². The van der Waals surface area contributed by atoms with Crippen molar-refractivity contribution < 1.29 is 18.0 Å². The van der Waals surface area contributed by atoms with Crippen molar-refractivity contribution in [1.29, 1.82) is 0 Å². The Morgan fingerprint density at radius 1 is 0.929 bits per heavy atom. The van der Waals surface area contributed by atoms with Gasteiger partial charge in [-0.2, -0.15) is 0 Å². The third-order valence-electron chi connectivity index (χ3n) is 3.65. The zero-order valence-electron chi connectivity index (χ0n) is 15.5. The molecule has 0 heterocycles. The molecule has 148 valence electrons. The van der Waals surface area contributed by atoms with E-state index >= 15 is 0 Å². The second-order valence-corrected chi connectivity index (χ2v) is 7.58. The van der Waals surface area contributed by atoms with Crippen molar-refractivity contribution in [3.63, 3.8) is 0 Å². The van der Waals surface area contributed by atoms with Gasteiger partial charge in [0, 0.05) is 36.2 Å². The Hall–Kier alpha value is -2.97. The summed E-state index contributed by atoms with van der Waals surface area (Å²) in [6.07, 6.45) is 1.82. The summed E-state index contributed by atoms with van der Waals surface area (Å²) in [6, 6.07) is 15.8. The second kappa shape index (κ2) is 10.4. The molecule has 0 fully saturated rings. The fourth-order valence-corrected chi connectivity index (χ4v) is 3.05. The molecule has 2 amide bonds. The van der Waals surface area contributed by atoms with Gasteiger partial charge in [0.2, 0.25) is 21.8 Å². The number of nitrogens with one attached hydrogen (secondary N) is 3. The van der Waals surface area contributed by atoms with Crippen LogP contribution < -0.4 is 15.4 Å². The summed E-state index contributed by atoms with van der Waals surface area (Å²) in [6.45, 7) is 1.72. The van der Waals surface area contributed by atoms with E-state index in [1.54, 1.807) is 43.3 Å². The third-order valence-corrected chi connectivity index (χ3v) is 4.75. The highest BCUT2D eigenvalue weighted by molar-refractivity contribution is 7.92. The van der Waals surface area contributed by atoms with Crippen LogP contribution in [0.2, 0.25) is 0 Å². The SMILES string of the molecule is CCC(=O)Nc1cccc(NC(=O)CCNS(=O)(=O)/C=C/c2ccccc2)c1. The van der Waals surface area contributed by atoms with E-state index < -0.39 is 10.0 Å². The molecule has 0 aliphatic rings. The molecule has 0 radical (unpaired) electrons. The van der Waals surface area contributed by atoms with Crippen LogP contribution in [0.3, 0.4) is 0 Å². The van der Waals surface area contributed by atoms with Gasteiger partial charge in [-0.05, 0) is 29.8 Å². The smallest absolute Gasteiger partial charge is 0.233 e. The number of carbonyl (C=O) groups is 2. The lowest BCUT2D eigenvalue weighted by molar-refractivity contribution is -0.116. The summed E-state index contributed by atoms with van der Waals surface area (Å²) in [5.74, 6) is -0.463. The normalized spacial score (nSPS) is 11.3. The molecule has 28 heavy (non-hydrogen) atoms. The predicted octanol–water partition coefficient (Wildman–Crippen LogP) is 2.95. The van der Waals surface area contributed by atoms with Crippen molar-refractivity contribution in [2.24, 2.45) is 0 Å². The van der Waals surface area contributed by atoms with Gasteiger partial charge in [-0.25, -0.2) is 13.1 Å². The molecule has 8 heteroatoms. The highest BCUT2D eigenvalue weighted by Gasteiger charge is 2.08. The zero-order chi connectivity index (χ0) is 20.4. The molecule has 0 aromatic heterocycles. The molecule has 0 unspecified atom stereocenters. The summed E-state index contributed by atoms with van der Waals surface area (Å²) < 4.78 is 26.3. The Kier molecular flexibility index (Phi) is 7.91. The first-order valence-electron chi connectivity index (χ1n) is 8.80. The fraction of sp³-hybridized carbons (Fsp3) is 0.200. The van der Waals surface area contributed by atoms with Gasteiger partial charge >= 0.3 is 0 Å². The molecule has 0 aliphatic heterocycles. The summed E-state index contributed by atoms with van der Waals surface area (Å²) in [5.41, 5.74) is 1.86. The Labute approximate surface area is 164 Å². The molecule has 0 saturated carbocycles. The van der Waals surface area contributed by atoms with Gasteiger partial charge < -0.3 is 10.6 Å². The van der Waals surface area contributed by atoms with E-state index in [2.05, 4.69) is 15.4 Å². The minimum atomic E-state index is -3.63. The molecule has 0 saturated heterocycles. The van der Waals surface area contributed by atoms with Gasteiger partial charge in [0.05, 0.1) is 0 Å². The van der Waals surface area contributed by atoms with Gasteiger partial charge in [-0.15, -0.1) is 0 Å². The summed E-state index contributed by atoms with van der Waals surface area (Å²) in [5, 5.41) is 6.45. The van der Waals surface area contributed by atoms with E-state index in [-0.39, 0.29) is 24.8 Å². The van der Waals surface area contributed by atoms with E-state index in [1.807, 2.05) is 18.2 Å².